The first-order valence-corrected chi connectivity index (χ1v) is 6.44. The fourth-order valence-corrected chi connectivity index (χ4v) is 2.52. The first-order valence-electron chi connectivity index (χ1n) is 5.31. The summed E-state index contributed by atoms with van der Waals surface area (Å²) in [4.78, 5) is 22.1. The van der Waals surface area contributed by atoms with Gasteiger partial charge in [-0.3, -0.25) is 4.79 Å². The van der Waals surface area contributed by atoms with E-state index in [9.17, 15) is 18.4 Å². The highest BCUT2D eigenvalue weighted by Gasteiger charge is 2.41. The number of Topliss-reactive ketones (excluding diaryl/α,β-unsaturated/α-hetero) is 1. The SMILES string of the molecule is O=C(O)NC(C(=O)CBr)[C@@H]1CCCC(F)(F)C1. The second-order valence-corrected chi connectivity index (χ2v) is 4.80. The average Bonchev–Trinajstić information content (AvgIpc) is 2.23. The summed E-state index contributed by atoms with van der Waals surface area (Å²) in [6.45, 7) is 0. The Morgan fingerprint density at radius 3 is 2.65 bits per heavy atom. The van der Waals surface area contributed by atoms with E-state index >= 15 is 0 Å². The molecule has 0 spiro atoms. The van der Waals surface area contributed by atoms with Gasteiger partial charge in [-0.1, -0.05) is 15.9 Å². The number of nitrogens with one attached hydrogen (secondary N) is 1. The summed E-state index contributed by atoms with van der Waals surface area (Å²) in [6, 6.07) is -1.04. The summed E-state index contributed by atoms with van der Waals surface area (Å²) in [5.41, 5.74) is 0. The molecular weight excluding hydrogens is 300 g/mol. The molecule has 0 aromatic heterocycles. The van der Waals surface area contributed by atoms with Gasteiger partial charge in [-0.15, -0.1) is 0 Å². The van der Waals surface area contributed by atoms with Gasteiger partial charge in [0.15, 0.2) is 5.78 Å². The first-order chi connectivity index (χ1) is 7.85. The predicted octanol–water partition coefficient (Wildman–Crippen LogP) is 2.41. The highest BCUT2D eigenvalue weighted by atomic mass is 79.9. The van der Waals surface area contributed by atoms with Crippen LogP contribution in [0.5, 0.6) is 0 Å². The molecular formula is C10H14BrF2NO3. The van der Waals surface area contributed by atoms with Crippen molar-refractivity contribution in [2.75, 3.05) is 5.33 Å². The van der Waals surface area contributed by atoms with Crippen LogP contribution in [0.25, 0.3) is 0 Å². The third kappa shape index (κ3) is 4.22. The Morgan fingerprint density at radius 2 is 2.18 bits per heavy atom. The quantitative estimate of drug-likeness (QED) is 0.783. The summed E-state index contributed by atoms with van der Waals surface area (Å²) in [6.07, 6.45) is -1.23. The van der Waals surface area contributed by atoms with E-state index in [1.165, 1.54) is 0 Å². The van der Waals surface area contributed by atoms with Crippen LogP contribution in [0.15, 0.2) is 0 Å². The van der Waals surface area contributed by atoms with Crippen LogP contribution in [0.3, 0.4) is 0 Å². The molecule has 0 radical (unpaired) electrons. The molecule has 1 rings (SSSR count). The summed E-state index contributed by atoms with van der Waals surface area (Å²) in [5, 5.41) is 10.6. The normalized spacial score (nSPS) is 25.0. The van der Waals surface area contributed by atoms with Crippen LogP contribution in [-0.4, -0.2) is 34.3 Å². The molecule has 0 saturated heterocycles. The Hall–Kier alpha value is -0.720. The van der Waals surface area contributed by atoms with Crippen molar-refractivity contribution in [1.29, 1.82) is 0 Å². The van der Waals surface area contributed by atoms with Gasteiger partial charge in [-0.2, -0.15) is 0 Å². The molecule has 1 saturated carbocycles. The lowest BCUT2D eigenvalue weighted by Gasteiger charge is -2.33. The molecule has 98 valence electrons. The summed E-state index contributed by atoms with van der Waals surface area (Å²) in [5.74, 6) is -3.83. The number of carbonyl (C=O) groups is 2. The third-order valence-corrected chi connectivity index (χ3v) is 3.46. The lowest BCUT2D eigenvalue weighted by Crippen LogP contribution is -2.48. The molecule has 1 amide bonds. The topological polar surface area (TPSA) is 66.4 Å². The van der Waals surface area contributed by atoms with Crippen molar-refractivity contribution in [2.24, 2.45) is 5.92 Å². The van der Waals surface area contributed by atoms with E-state index in [-0.39, 0.29) is 11.8 Å². The van der Waals surface area contributed by atoms with Gasteiger partial charge < -0.3 is 10.4 Å². The molecule has 1 fully saturated rings. The summed E-state index contributed by atoms with van der Waals surface area (Å²) >= 11 is 2.93. The Labute approximate surface area is 106 Å². The Balaban J connectivity index is 2.75. The van der Waals surface area contributed by atoms with Gasteiger partial charge in [0.05, 0.1) is 11.4 Å². The predicted molar refractivity (Wildman–Crippen MR) is 60.7 cm³/mol. The largest absolute Gasteiger partial charge is 0.465 e. The van der Waals surface area contributed by atoms with E-state index in [0.29, 0.717) is 12.8 Å². The van der Waals surface area contributed by atoms with Crippen molar-refractivity contribution in [1.82, 2.24) is 5.32 Å². The Morgan fingerprint density at radius 1 is 1.53 bits per heavy atom. The molecule has 1 aliphatic carbocycles. The van der Waals surface area contributed by atoms with E-state index in [4.69, 9.17) is 5.11 Å². The fraction of sp³-hybridized carbons (Fsp3) is 0.800. The van der Waals surface area contributed by atoms with Crippen molar-refractivity contribution in [3.05, 3.63) is 0 Å². The van der Waals surface area contributed by atoms with Crippen LogP contribution in [0.4, 0.5) is 13.6 Å². The van der Waals surface area contributed by atoms with Gasteiger partial charge in [0.1, 0.15) is 0 Å². The molecule has 2 N–H and O–H groups in total. The van der Waals surface area contributed by atoms with Crippen LogP contribution in [0, 0.1) is 5.92 Å². The number of hydrogen-bond donors (Lipinski definition) is 2. The van der Waals surface area contributed by atoms with Crippen molar-refractivity contribution in [3.8, 4) is 0 Å². The Kier molecular flexibility index (Phi) is 4.85. The zero-order valence-corrected chi connectivity index (χ0v) is 10.7. The maximum absolute atomic E-state index is 13.2. The third-order valence-electron chi connectivity index (χ3n) is 2.91. The van der Waals surface area contributed by atoms with Crippen molar-refractivity contribution in [2.45, 2.75) is 37.6 Å². The maximum atomic E-state index is 13.2. The number of carbonyl (C=O) groups excluding carboxylic acids is 1. The number of alkyl halides is 3. The lowest BCUT2D eigenvalue weighted by molar-refractivity contribution is -0.122. The van der Waals surface area contributed by atoms with Crippen molar-refractivity contribution < 1.29 is 23.5 Å². The summed E-state index contributed by atoms with van der Waals surface area (Å²) in [7, 11) is 0. The second-order valence-electron chi connectivity index (χ2n) is 4.24. The van der Waals surface area contributed by atoms with Crippen molar-refractivity contribution in [3.63, 3.8) is 0 Å². The van der Waals surface area contributed by atoms with Gasteiger partial charge in [0.25, 0.3) is 0 Å². The molecule has 0 heterocycles. The summed E-state index contributed by atoms with van der Waals surface area (Å²) < 4.78 is 26.4. The van der Waals surface area contributed by atoms with E-state index in [2.05, 4.69) is 15.9 Å². The van der Waals surface area contributed by atoms with Crippen LogP contribution in [0.2, 0.25) is 0 Å². The molecule has 0 aromatic rings. The van der Waals surface area contributed by atoms with Gasteiger partial charge in [-0.05, 0) is 18.8 Å². The molecule has 4 nitrogen and oxygen atoms in total. The van der Waals surface area contributed by atoms with E-state index in [1.807, 2.05) is 5.32 Å². The molecule has 7 heteroatoms. The minimum absolute atomic E-state index is 0.0416. The molecule has 17 heavy (non-hydrogen) atoms. The molecule has 1 aliphatic rings. The second kappa shape index (κ2) is 5.75. The fourth-order valence-electron chi connectivity index (χ4n) is 2.17. The number of ketones is 1. The minimum Gasteiger partial charge on any atom is -0.465 e. The smallest absolute Gasteiger partial charge is 0.405 e. The number of hydrogen-bond acceptors (Lipinski definition) is 2. The standard InChI is InChI=1S/C10H14BrF2NO3/c11-5-7(15)8(14-9(16)17)6-2-1-3-10(12,13)4-6/h6,8,14H,1-5H2,(H,16,17)/t6-,8?/m1/s1. The number of rotatable bonds is 4. The van der Waals surface area contributed by atoms with Gasteiger partial charge in [-0.25, -0.2) is 13.6 Å². The maximum Gasteiger partial charge on any atom is 0.405 e. The highest BCUT2D eigenvalue weighted by Crippen LogP contribution is 2.38. The molecule has 0 bridgehead atoms. The van der Waals surface area contributed by atoms with Crippen LogP contribution < -0.4 is 5.32 Å². The molecule has 2 atom stereocenters. The monoisotopic (exact) mass is 313 g/mol. The first kappa shape index (κ1) is 14.3. The zero-order valence-electron chi connectivity index (χ0n) is 9.09. The number of carboxylic acid groups (broad SMARTS) is 1. The van der Waals surface area contributed by atoms with E-state index in [1.54, 1.807) is 0 Å². The van der Waals surface area contributed by atoms with Crippen LogP contribution in [-0.2, 0) is 4.79 Å². The van der Waals surface area contributed by atoms with Crippen LogP contribution in [0.1, 0.15) is 25.7 Å². The number of halogens is 3. The van der Waals surface area contributed by atoms with E-state index < -0.39 is 36.2 Å². The van der Waals surface area contributed by atoms with Gasteiger partial charge in [0.2, 0.25) is 5.92 Å². The van der Waals surface area contributed by atoms with E-state index in [0.717, 1.165) is 0 Å². The highest BCUT2D eigenvalue weighted by molar-refractivity contribution is 9.09. The average molecular weight is 314 g/mol. The van der Waals surface area contributed by atoms with Crippen molar-refractivity contribution >= 4 is 27.8 Å². The molecule has 1 unspecified atom stereocenters. The van der Waals surface area contributed by atoms with Gasteiger partial charge >= 0.3 is 6.09 Å². The van der Waals surface area contributed by atoms with Crippen LogP contribution >= 0.6 is 15.9 Å². The zero-order chi connectivity index (χ0) is 13.1. The molecule has 0 aromatic carbocycles. The van der Waals surface area contributed by atoms with Gasteiger partial charge in [0, 0.05) is 12.8 Å². The minimum atomic E-state index is -2.80. The Bertz CT molecular complexity index is 312. The lowest BCUT2D eigenvalue weighted by atomic mass is 9.80. The molecule has 0 aliphatic heterocycles. The number of amides is 1.